The van der Waals surface area contributed by atoms with Crippen LogP contribution in [0, 0.1) is 0 Å². The zero-order chi connectivity index (χ0) is 30.4. The lowest BCUT2D eigenvalue weighted by atomic mass is 10.2. The number of rotatable bonds is 4. The van der Waals surface area contributed by atoms with Crippen LogP contribution in [0.5, 0.6) is 0 Å². The second kappa shape index (κ2) is 11.5. The Morgan fingerprint density at radius 1 is 0.786 bits per heavy atom. The number of alkyl halides is 6. The van der Waals surface area contributed by atoms with E-state index in [0.29, 0.717) is 50.3 Å². The highest BCUT2D eigenvalue weighted by molar-refractivity contribution is 9.10. The molecule has 4 heterocycles. The lowest BCUT2D eigenvalue weighted by Crippen LogP contribution is -2.09. The Kier molecular flexibility index (Phi) is 8.26. The maximum atomic E-state index is 12.9. The third kappa shape index (κ3) is 5.85. The smallest absolute Gasteiger partial charge is 0.396 e. The van der Waals surface area contributed by atoms with E-state index in [-0.39, 0.29) is 22.8 Å². The lowest BCUT2D eigenvalue weighted by Gasteiger charge is -2.12. The van der Waals surface area contributed by atoms with Crippen molar-refractivity contribution in [3.05, 3.63) is 74.3 Å². The molecule has 220 valence electrons. The van der Waals surface area contributed by atoms with Crippen molar-refractivity contribution in [2.24, 2.45) is 0 Å². The van der Waals surface area contributed by atoms with Gasteiger partial charge in [0.15, 0.2) is 22.3 Å². The van der Waals surface area contributed by atoms with Crippen LogP contribution in [0.1, 0.15) is 17.5 Å². The van der Waals surface area contributed by atoms with Gasteiger partial charge in [0.2, 0.25) is 0 Å². The molecule has 42 heavy (non-hydrogen) atoms. The molecule has 8 nitrogen and oxygen atoms in total. The van der Waals surface area contributed by atoms with Crippen molar-refractivity contribution >= 4 is 82.6 Å². The predicted molar refractivity (Wildman–Crippen MR) is 152 cm³/mol. The first-order valence-electron chi connectivity index (χ1n) is 11.9. The fourth-order valence-electron chi connectivity index (χ4n) is 4.12. The second-order valence-electron chi connectivity index (χ2n) is 8.75. The number of benzene rings is 2. The van der Waals surface area contributed by atoms with Crippen LogP contribution in [0.15, 0.2) is 58.0 Å². The summed E-state index contributed by atoms with van der Waals surface area (Å²) in [6.07, 6.45) is -5.27. The van der Waals surface area contributed by atoms with Gasteiger partial charge in [-0.05, 0) is 74.7 Å². The Morgan fingerprint density at radius 2 is 1.29 bits per heavy atom. The third-order valence-corrected chi connectivity index (χ3v) is 7.37. The molecular weight excluding hydrogens is 724 g/mol. The van der Waals surface area contributed by atoms with E-state index in [1.807, 2.05) is 0 Å². The molecule has 0 fully saturated rings. The maximum Gasteiger partial charge on any atom is 0.416 e. The number of aliphatic hydroxyl groups is 1. The molecule has 0 unspecified atom stereocenters. The summed E-state index contributed by atoms with van der Waals surface area (Å²) in [5.74, 6) is 0.371. The van der Waals surface area contributed by atoms with Gasteiger partial charge < -0.3 is 10.4 Å². The highest BCUT2D eigenvalue weighted by atomic mass is 79.9. The zero-order valence-electron chi connectivity index (χ0n) is 20.8. The third-order valence-electron chi connectivity index (χ3n) is 6.00. The highest BCUT2D eigenvalue weighted by Crippen LogP contribution is 2.34. The largest absolute Gasteiger partial charge is 0.416 e. The Labute approximate surface area is 253 Å². The summed E-state index contributed by atoms with van der Waals surface area (Å²) in [6.45, 7) is 0.446. The molecule has 0 spiro atoms. The van der Waals surface area contributed by atoms with E-state index in [4.69, 9.17) is 16.7 Å². The monoisotopic (exact) mass is 737 g/mol. The SMILES string of the molecule is FC(F)(F)c1ccc2c(c1)nc(Cl)c1ncc(Br)n12.OCCCNc1nc2cc(C(F)(F)F)ccc2n2c(Br)cnc12. The summed E-state index contributed by atoms with van der Waals surface area (Å²) in [4.78, 5) is 16.5. The molecule has 17 heteroatoms. The van der Waals surface area contributed by atoms with Crippen LogP contribution in [0.2, 0.25) is 5.15 Å². The molecule has 0 saturated heterocycles. The van der Waals surface area contributed by atoms with Crippen molar-refractivity contribution < 1.29 is 31.4 Å². The minimum absolute atomic E-state index is 0.00717. The number of halogens is 9. The average molecular weight is 740 g/mol. The number of aromatic nitrogens is 6. The Balaban J connectivity index is 0.000000171. The Bertz CT molecular complexity index is 1940. The van der Waals surface area contributed by atoms with E-state index in [1.54, 1.807) is 15.0 Å². The Hall–Kier alpha value is -3.21. The molecular formula is C25H16Br2ClF6N7O. The quantitative estimate of drug-likeness (QED) is 0.142. The molecule has 0 aliphatic rings. The number of fused-ring (bicyclic) bond motifs is 6. The fourth-order valence-corrected chi connectivity index (χ4v) is 5.27. The molecule has 0 saturated carbocycles. The van der Waals surface area contributed by atoms with Crippen LogP contribution in [0.4, 0.5) is 32.2 Å². The van der Waals surface area contributed by atoms with Crippen molar-refractivity contribution in [1.82, 2.24) is 28.7 Å². The van der Waals surface area contributed by atoms with Gasteiger partial charge in [0, 0.05) is 13.2 Å². The van der Waals surface area contributed by atoms with Crippen LogP contribution in [-0.2, 0) is 12.4 Å². The van der Waals surface area contributed by atoms with Gasteiger partial charge in [-0.2, -0.15) is 26.3 Å². The number of hydrogen-bond acceptors (Lipinski definition) is 6. The van der Waals surface area contributed by atoms with Crippen LogP contribution in [0.25, 0.3) is 33.4 Å². The molecule has 2 aromatic carbocycles. The van der Waals surface area contributed by atoms with Crippen LogP contribution >= 0.6 is 43.5 Å². The van der Waals surface area contributed by atoms with Gasteiger partial charge in [-0.15, -0.1) is 0 Å². The second-order valence-corrected chi connectivity index (χ2v) is 10.7. The molecule has 0 aliphatic carbocycles. The first kappa shape index (κ1) is 30.3. The molecule has 0 amide bonds. The summed E-state index contributed by atoms with van der Waals surface area (Å²) >= 11 is 12.5. The van der Waals surface area contributed by atoms with Crippen LogP contribution in [-0.4, -0.2) is 47.0 Å². The summed E-state index contributed by atoms with van der Waals surface area (Å²) in [7, 11) is 0. The van der Waals surface area contributed by atoms with E-state index in [9.17, 15) is 26.3 Å². The summed E-state index contributed by atoms with van der Waals surface area (Å²) < 4.78 is 81.2. The minimum Gasteiger partial charge on any atom is -0.396 e. The van der Waals surface area contributed by atoms with Gasteiger partial charge in [-0.25, -0.2) is 19.9 Å². The molecule has 0 bridgehead atoms. The molecule has 2 N–H and O–H groups in total. The standard InChI is InChI=1S/C14H12BrF3N4O.C11H4BrClF3N3/c15-11-7-20-13-12(19-4-1-5-23)21-9-6-8(14(16,17)18)2-3-10(9)22(11)13;12-8-4-17-10-9(13)18-6-3-5(11(14,15)16)1-2-7(6)19(8)10/h2-3,6-7,23H,1,4-5H2,(H,19,21);1-4H. The number of nitrogens with zero attached hydrogens (tertiary/aromatic N) is 6. The average Bonchev–Trinajstić information content (AvgIpc) is 3.51. The van der Waals surface area contributed by atoms with Crippen LogP contribution in [0.3, 0.4) is 0 Å². The van der Waals surface area contributed by atoms with Crippen molar-refractivity contribution in [2.45, 2.75) is 18.8 Å². The van der Waals surface area contributed by atoms with Crippen molar-refractivity contribution in [2.75, 3.05) is 18.5 Å². The van der Waals surface area contributed by atoms with E-state index < -0.39 is 23.5 Å². The fraction of sp³-hybridized carbons (Fsp3) is 0.200. The van der Waals surface area contributed by atoms with E-state index in [2.05, 4.69) is 57.1 Å². The van der Waals surface area contributed by atoms with Gasteiger partial charge in [0.05, 0.1) is 45.6 Å². The summed E-state index contributed by atoms with van der Waals surface area (Å²) in [5.41, 5.74) is 0.752. The topological polar surface area (TPSA) is 92.6 Å². The normalized spacial score (nSPS) is 12.3. The van der Waals surface area contributed by atoms with Gasteiger partial charge in [0.1, 0.15) is 9.21 Å². The van der Waals surface area contributed by atoms with Crippen molar-refractivity contribution in [3.63, 3.8) is 0 Å². The number of nitrogens with one attached hydrogen (secondary N) is 1. The predicted octanol–water partition coefficient (Wildman–Crippen LogP) is 7.78. The van der Waals surface area contributed by atoms with Crippen molar-refractivity contribution in [3.8, 4) is 0 Å². The highest BCUT2D eigenvalue weighted by Gasteiger charge is 2.32. The molecule has 0 radical (unpaired) electrons. The summed E-state index contributed by atoms with van der Waals surface area (Å²) in [5, 5.41) is 11.9. The first-order chi connectivity index (χ1) is 19.8. The van der Waals surface area contributed by atoms with Gasteiger partial charge in [0.25, 0.3) is 0 Å². The molecule has 6 aromatic rings. The van der Waals surface area contributed by atoms with Crippen LogP contribution < -0.4 is 5.32 Å². The number of aliphatic hydroxyl groups excluding tert-OH is 1. The first-order valence-corrected chi connectivity index (χ1v) is 13.8. The van der Waals surface area contributed by atoms with Gasteiger partial charge in [-0.3, -0.25) is 8.80 Å². The van der Waals surface area contributed by atoms with Gasteiger partial charge in [-0.1, -0.05) is 11.6 Å². The number of imidazole rings is 2. The lowest BCUT2D eigenvalue weighted by molar-refractivity contribution is -0.138. The number of anilines is 1. The molecule has 6 rings (SSSR count). The number of hydrogen-bond donors (Lipinski definition) is 2. The molecule has 0 aliphatic heterocycles. The van der Waals surface area contributed by atoms with Crippen molar-refractivity contribution in [1.29, 1.82) is 0 Å². The summed E-state index contributed by atoms with van der Waals surface area (Å²) in [6, 6.07) is 6.73. The van der Waals surface area contributed by atoms with Gasteiger partial charge >= 0.3 is 12.4 Å². The maximum absolute atomic E-state index is 12.9. The minimum atomic E-state index is -4.43. The van der Waals surface area contributed by atoms with E-state index in [0.717, 1.165) is 24.3 Å². The molecule has 0 atom stereocenters. The van der Waals surface area contributed by atoms with E-state index >= 15 is 0 Å². The zero-order valence-corrected chi connectivity index (χ0v) is 24.7. The Morgan fingerprint density at radius 3 is 1.81 bits per heavy atom. The molecule has 4 aromatic heterocycles. The van der Waals surface area contributed by atoms with E-state index in [1.165, 1.54) is 18.3 Å².